The summed E-state index contributed by atoms with van der Waals surface area (Å²) in [6, 6.07) is 52.1. The van der Waals surface area contributed by atoms with E-state index in [2.05, 4.69) is 147 Å². The molecule has 46 heavy (non-hydrogen) atoms. The van der Waals surface area contributed by atoms with E-state index in [1.165, 1.54) is 48.0 Å². The predicted molar refractivity (Wildman–Crippen MR) is 194 cm³/mol. The summed E-state index contributed by atoms with van der Waals surface area (Å²) in [5.41, 5.74) is 12.7. The fourth-order valence-corrected chi connectivity index (χ4v) is 8.35. The Morgan fingerprint density at radius 2 is 1.09 bits per heavy atom. The molecule has 9 rings (SSSR count). The van der Waals surface area contributed by atoms with E-state index in [1.807, 2.05) is 23.5 Å². The highest BCUT2D eigenvalue weighted by Crippen LogP contribution is 2.51. The smallest absolute Gasteiger partial charge is 0.161 e. The lowest BCUT2D eigenvalue weighted by atomic mass is 9.81. The van der Waals surface area contributed by atoms with Gasteiger partial charge in [0.1, 0.15) is 0 Å². The maximum atomic E-state index is 5.35. The molecule has 2 heterocycles. The third-order valence-corrected chi connectivity index (χ3v) is 10.7. The summed E-state index contributed by atoms with van der Waals surface area (Å²) in [5, 5.41) is 2.45. The van der Waals surface area contributed by atoms with Gasteiger partial charge in [-0.15, -0.1) is 11.3 Å². The van der Waals surface area contributed by atoms with Crippen LogP contribution in [-0.4, -0.2) is 9.97 Å². The van der Waals surface area contributed by atoms with Crippen molar-refractivity contribution in [1.82, 2.24) is 9.97 Å². The molecule has 0 saturated carbocycles. The zero-order valence-corrected chi connectivity index (χ0v) is 26.5. The summed E-state index contributed by atoms with van der Waals surface area (Å²) < 4.78 is 2.51. The predicted octanol–water partition coefficient (Wildman–Crippen LogP) is 11.8. The highest BCUT2D eigenvalue weighted by atomic mass is 32.1. The standard InChI is InChI=1S/C43H30N2S/c1-43(2)34-19-11-9-17-31(34)32-22-21-29(25-35(32)43)30-23-24-39-40(33-18-10-12-20-38(33)46-39)41(30)42-44-36(27-13-5-3-6-14-27)26-37(45-42)28-15-7-4-8-16-28/h3-26H,1-2H3. The Labute approximate surface area is 272 Å². The fourth-order valence-electron chi connectivity index (χ4n) is 7.23. The molecule has 0 N–H and O–H groups in total. The normalized spacial score (nSPS) is 13.2. The van der Waals surface area contributed by atoms with Crippen LogP contribution in [0.1, 0.15) is 25.0 Å². The van der Waals surface area contributed by atoms with Crippen LogP contribution in [0.15, 0.2) is 146 Å². The van der Waals surface area contributed by atoms with Crippen molar-refractivity contribution in [2.45, 2.75) is 19.3 Å². The molecule has 3 heteroatoms. The number of aromatic nitrogens is 2. The molecule has 6 aromatic carbocycles. The van der Waals surface area contributed by atoms with Crippen LogP contribution < -0.4 is 0 Å². The molecule has 8 aromatic rings. The molecular weight excluding hydrogens is 577 g/mol. The molecule has 2 aromatic heterocycles. The molecule has 0 amide bonds. The number of thiophene rings is 1. The highest BCUT2D eigenvalue weighted by molar-refractivity contribution is 7.26. The van der Waals surface area contributed by atoms with Gasteiger partial charge in [0.15, 0.2) is 5.82 Å². The van der Waals surface area contributed by atoms with Crippen molar-refractivity contribution in [1.29, 1.82) is 0 Å². The minimum Gasteiger partial charge on any atom is -0.228 e. The first kappa shape index (κ1) is 27.0. The minimum absolute atomic E-state index is 0.0918. The molecule has 0 atom stereocenters. The van der Waals surface area contributed by atoms with Crippen LogP contribution in [0.4, 0.5) is 0 Å². The van der Waals surface area contributed by atoms with E-state index in [9.17, 15) is 0 Å². The molecule has 2 nitrogen and oxygen atoms in total. The van der Waals surface area contributed by atoms with Crippen LogP contribution in [0, 0.1) is 0 Å². The molecule has 0 spiro atoms. The third kappa shape index (κ3) is 4.16. The summed E-state index contributed by atoms with van der Waals surface area (Å²) in [6.07, 6.45) is 0. The van der Waals surface area contributed by atoms with Crippen molar-refractivity contribution < 1.29 is 0 Å². The quantitative estimate of drug-likeness (QED) is 0.199. The Balaban J connectivity index is 1.36. The van der Waals surface area contributed by atoms with E-state index in [0.717, 1.165) is 39.5 Å². The number of hydrogen-bond donors (Lipinski definition) is 0. The van der Waals surface area contributed by atoms with Gasteiger partial charge in [0.05, 0.1) is 11.4 Å². The van der Waals surface area contributed by atoms with E-state index < -0.39 is 0 Å². The van der Waals surface area contributed by atoms with Gasteiger partial charge in [0.25, 0.3) is 0 Å². The molecule has 0 radical (unpaired) electrons. The monoisotopic (exact) mass is 606 g/mol. The molecule has 0 fully saturated rings. The summed E-state index contributed by atoms with van der Waals surface area (Å²) in [7, 11) is 0. The van der Waals surface area contributed by atoms with E-state index >= 15 is 0 Å². The number of fused-ring (bicyclic) bond motifs is 6. The van der Waals surface area contributed by atoms with Gasteiger partial charge in [-0.1, -0.05) is 135 Å². The van der Waals surface area contributed by atoms with Crippen molar-refractivity contribution in [3.63, 3.8) is 0 Å². The number of nitrogens with zero attached hydrogens (tertiary/aromatic N) is 2. The Morgan fingerprint density at radius 3 is 1.83 bits per heavy atom. The fraction of sp³-hybridized carbons (Fsp3) is 0.0698. The maximum Gasteiger partial charge on any atom is 0.161 e. The Bertz CT molecular complexity index is 2380. The SMILES string of the molecule is CC1(C)c2ccccc2-c2ccc(-c3ccc4sc5ccccc5c4c3-c3nc(-c4ccccc4)cc(-c4ccccc4)n3)cc21. The second-order valence-electron chi connectivity index (χ2n) is 12.6. The largest absolute Gasteiger partial charge is 0.228 e. The maximum absolute atomic E-state index is 5.35. The minimum atomic E-state index is -0.0918. The molecule has 1 aliphatic carbocycles. The number of benzene rings is 6. The number of rotatable bonds is 4. The first-order chi connectivity index (χ1) is 22.6. The van der Waals surface area contributed by atoms with Gasteiger partial charge >= 0.3 is 0 Å². The van der Waals surface area contributed by atoms with Crippen molar-refractivity contribution in [3.05, 3.63) is 157 Å². The lowest BCUT2D eigenvalue weighted by molar-refractivity contribution is 0.660. The molecular formula is C43H30N2S. The number of hydrogen-bond acceptors (Lipinski definition) is 3. The average molecular weight is 607 g/mol. The Morgan fingerprint density at radius 1 is 0.478 bits per heavy atom. The summed E-state index contributed by atoms with van der Waals surface area (Å²) in [6.45, 7) is 4.69. The zero-order chi connectivity index (χ0) is 30.8. The third-order valence-electron chi connectivity index (χ3n) is 9.53. The summed E-state index contributed by atoms with van der Waals surface area (Å²) in [5.74, 6) is 0.743. The molecule has 218 valence electrons. The van der Waals surface area contributed by atoms with Crippen molar-refractivity contribution in [2.75, 3.05) is 0 Å². The Hall–Kier alpha value is -5.38. The van der Waals surface area contributed by atoms with Crippen LogP contribution in [0.25, 0.3) is 76.3 Å². The van der Waals surface area contributed by atoms with Crippen LogP contribution in [0.3, 0.4) is 0 Å². The highest BCUT2D eigenvalue weighted by Gasteiger charge is 2.35. The lowest BCUT2D eigenvalue weighted by Gasteiger charge is -2.22. The van der Waals surface area contributed by atoms with Crippen molar-refractivity contribution in [2.24, 2.45) is 0 Å². The van der Waals surface area contributed by atoms with Crippen molar-refractivity contribution in [3.8, 4) is 56.2 Å². The van der Waals surface area contributed by atoms with E-state index in [-0.39, 0.29) is 5.41 Å². The second-order valence-corrected chi connectivity index (χ2v) is 13.7. The molecule has 1 aliphatic rings. The van der Waals surface area contributed by atoms with Gasteiger partial charge < -0.3 is 0 Å². The first-order valence-electron chi connectivity index (χ1n) is 15.8. The average Bonchev–Trinajstić information content (AvgIpc) is 3.60. The van der Waals surface area contributed by atoms with Gasteiger partial charge in [-0.2, -0.15) is 0 Å². The lowest BCUT2D eigenvalue weighted by Crippen LogP contribution is -2.14. The Kier molecular flexibility index (Phi) is 6.06. The van der Waals surface area contributed by atoms with E-state index in [0.29, 0.717) is 0 Å². The van der Waals surface area contributed by atoms with Crippen LogP contribution in [0.2, 0.25) is 0 Å². The van der Waals surface area contributed by atoms with Crippen LogP contribution >= 0.6 is 11.3 Å². The van der Waals surface area contributed by atoms with Crippen LogP contribution in [0.5, 0.6) is 0 Å². The van der Waals surface area contributed by atoms with Gasteiger partial charge in [-0.25, -0.2) is 9.97 Å². The molecule has 0 unspecified atom stereocenters. The van der Waals surface area contributed by atoms with Gasteiger partial charge in [-0.3, -0.25) is 0 Å². The molecule has 0 aliphatic heterocycles. The van der Waals surface area contributed by atoms with Gasteiger partial charge in [0, 0.05) is 42.3 Å². The van der Waals surface area contributed by atoms with Crippen LogP contribution in [-0.2, 0) is 5.41 Å². The van der Waals surface area contributed by atoms with E-state index in [4.69, 9.17) is 9.97 Å². The second kappa shape index (κ2) is 10.3. The van der Waals surface area contributed by atoms with Crippen molar-refractivity contribution >= 4 is 31.5 Å². The van der Waals surface area contributed by atoms with E-state index in [1.54, 1.807) is 0 Å². The topological polar surface area (TPSA) is 25.8 Å². The molecule has 0 bridgehead atoms. The summed E-state index contributed by atoms with van der Waals surface area (Å²) in [4.78, 5) is 10.7. The first-order valence-corrected chi connectivity index (χ1v) is 16.6. The van der Waals surface area contributed by atoms with Gasteiger partial charge in [-0.05, 0) is 57.6 Å². The van der Waals surface area contributed by atoms with Gasteiger partial charge in [0.2, 0.25) is 0 Å². The molecule has 0 saturated heterocycles. The zero-order valence-electron chi connectivity index (χ0n) is 25.7. The summed E-state index contributed by atoms with van der Waals surface area (Å²) >= 11 is 1.83.